The molecule has 126 valence electrons. The minimum atomic E-state index is 0.403. The Kier molecular flexibility index (Phi) is 4.07. The van der Waals surface area contributed by atoms with E-state index in [1.165, 1.54) is 0 Å². The van der Waals surface area contributed by atoms with E-state index in [2.05, 4.69) is 37.2 Å². The molecule has 0 saturated carbocycles. The van der Waals surface area contributed by atoms with Crippen LogP contribution in [-0.2, 0) is 6.54 Å². The van der Waals surface area contributed by atoms with E-state index in [-0.39, 0.29) is 0 Å². The van der Waals surface area contributed by atoms with Crippen LogP contribution in [0.15, 0.2) is 32.9 Å². The molecule has 0 bridgehead atoms. The summed E-state index contributed by atoms with van der Waals surface area (Å²) >= 11 is 1.71. The molecular weight excluding hydrogens is 326 g/mol. The fourth-order valence-electron chi connectivity index (χ4n) is 2.95. The van der Waals surface area contributed by atoms with Crippen LogP contribution in [0.1, 0.15) is 18.5 Å². The van der Waals surface area contributed by atoms with E-state index in [1.807, 2.05) is 13.0 Å². The van der Waals surface area contributed by atoms with Gasteiger partial charge in [-0.25, -0.2) is 4.98 Å². The van der Waals surface area contributed by atoms with Gasteiger partial charge in [0, 0.05) is 31.1 Å². The maximum absolute atomic E-state index is 5.37. The van der Waals surface area contributed by atoms with Gasteiger partial charge in [0.25, 0.3) is 0 Å². The lowest BCUT2D eigenvalue weighted by molar-refractivity contribution is 0.194. The molecule has 4 rings (SSSR count). The topological polar surface area (TPSA) is 71.4 Å². The Morgan fingerprint density at radius 2 is 2.25 bits per heavy atom. The van der Waals surface area contributed by atoms with Gasteiger partial charge in [0.1, 0.15) is 6.26 Å². The largest absolute Gasteiger partial charge is 0.472 e. The van der Waals surface area contributed by atoms with Crippen LogP contribution in [0.4, 0.5) is 5.13 Å². The summed E-state index contributed by atoms with van der Waals surface area (Å²) in [7, 11) is 0. The Balaban J connectivity index is 1.39. The van der Waals surface area contributed by atoms with Gasteiger partial charge >= 0.3 is 0 Å². The summed E-state index contributed by atoms with van der Waals surface area (Å²) in [5, 5.41) is 7.23. The van der Waals surface area contributed by atoms with Gasteiger partial charge in [-0.2, -0.15) is 4.98 Å². The Hall–Kier alpha value is -2.19. The van der Waals surface area contributed by atoms with Crippen LogP contribution in [0.2, 0.25) is 0 Å². The summed E-state index contributed by atoms with van der Waals surface area (Å²) in [4.78, 5) is 13.8. The van der Waals surface area contributed by atoms with E-state index < -0.39 is 0 Å². The molecule has 24 heavy (non-hydrogen) atoms. The first-order chi connectivity index (χ1) is 11.7. The summed E-state index contributed by atoms with van der Waals surface area (Å²) < 4.78 is 10.4. The van der Waals surface area contributed by atoms with E-state index in [0.29, 0.717) is 24.3 Å². The van der Waals surface area contributed by atoms with Crippen molar-refractivity contribution in [3.63, 3.8) is 0 Å². The third-order valence-corrected chi connectivity index (χ3v) is 5.17. The molecule has 7 nitrogen and oxygen atoms in total. The first-order valence-corrected chi connectivity index (χ1v) is 8.83. The lowest BCUT2D eigenvalue weighted by atomic mass is 10.2. The Labute approximate surface area is 143 Å². The Morgan fingerprint density at radius 3 is 2.96 bits per heavy atom. The smallest absolute Gasteiger partial charge is 0.241 e. The average Bonchev–Trinajstić information content (AvgIpc) is 3.28. The third kappa shape index (κ3) is 3.07. The van der Waals surface area contributed by atoms with Gasteiger partial charge in [-0.15, -0.1) is 11.3 Å². The van der Waals surface area contributed by atoms with Crippen molar-refractivity contribution in [3.8, 4) is 11.4 Å². The summed E-state index contributed by atoms with van der Waals surface area (Å²) in [5.74, 6) is 1.21. The maximum atomic E-state index is 5.37. The van der Waals surface area contributed by atoms with Crippen LogP contribution in [0, 0.1) is 6.92 Å². The third-order valence-electron chi connectivity index (χ3n) is 4.17. The molecule has 0 spiro atoms. The molecule has 1 aliphatic heterocycles. The van der Waals surface area contributed by atoms with E-state index in [4.69, 9.17) is 8.94 Å². The van der Waals surface area contributed by atoms with Crippen molar-refractivity contribution in [1.82, 2.24) is 20.0 Å². The number of aromatic nitrogens is 3. The first-order valence-electron chi connectivity index (χ1n) is 7.95. The van der Waals surface area contributed by atoms with Crippen molar-refractivity contribution in [2.24, 2.45) is 0 Å². The minimum Gasteiger partial charge on any atom is -0.472 e. The second-order valence-corrected chi connectivity index (χ2v) is 6.91. The average molecular weight is 345 g/mol. The van der Waals surface area contributed by atoms with Crippen LogP contribution in [0.5, 0.6) is 0 Å². The molecule has 1 atom stereocenters. The molecule has 1 aliphatic rings. The van der Waals surface area contributed by atoms with E-state index in [0.717, 1.165) is 36.0 Å². The number of aryl methyl sites for hydroxylation is 1. The van der Waals surface area contributed by atoms with Crippen molar-refractivity contribution in [2.75, 3.05) is 24.5 Å². The lowest BCUT2D eigenvalue weighted by Gasteiger charge is -2.39. The number of piperazine rings is 1. The number of thiazole rings is 1. The van der Waals surface area contributed by atoms with E-state index in [1.54, 1.807) is 23.9 Å². The molecule has 1 fully saturated rings. The first kappa shape index (κ1) is 15.3. The summed E-state index contributed by atoms with van der Waals surface area (Å²) in [6.07, 6.45) is 3.22. The molecule has 0 N–H and O–H groups in total. The van der Waals surface area contributed by atoms with Crippen molar-refractivity contribution in [3.05, 3.63) is 35.6 Å². The molecule has 4 heterocycles. The summed E-state index contributed by atoms with van der Waals surface area (Å²) in [6, 6.07) is 2.23. The van der Waals surface area contributed by atoms with Gasteiger partial charge in [-0.1, -0.05) is 5.16 Å². The number of furan rings is 1. The standard InChI is InChI=1S/C16H19N5O2S/c1-11-10-24-16(17-11)21-5-4-20(7-12(21)2)8-14-18-15(19-23-14)13-3-6-22-9-13/h3,6,9-10,12H,4-5,7-8H2,1-2H3. The highest BCUT2D eigenvalue weighted by Gasteiger charge is 2.26. The maximum Gasteiger partial charge on any atom is 0.241 e. The van der Waals surface area contributed by atoms with Crippen molar-refractivity contribution < 1.29 is 8.94 Å². The van der Waals surface area contributed by atoms with Crippen LogP contribution in [0.25, 0.3) is 11.4 Å². The molecule has 0 aliphatic carbocycles. The van der Waals surface area contributed by atoms with Crippen molar-refractivity contribution in [2.45, 2.75) is 26.4 Å². The van der Waals surface area contributed by atoms with Crippen LogP contribution >= 0.6 is 11.3 Å². The zero-order valence-corrected chi connectivity index (χ0v) is 14.5. The molecule has 3 aromatic heterocycles. The van der Waals surface area contributed by atoms with Gasteiger partial charge in [0.05, 0.1) is 24.1 Å². The molecule has 1 unspecified atom stereocenters. The van der Waals surface area contributed by atoms with Gasteiger partial charge in [-0.05, 0) is 19.9 Å². The predicted octanol–water partition coefficient (Wildman–Crippen LogP) is 2.81. The quantitative estimate of drug-likeness (QED) is 0.720. The second kappa shape index (κ2) is 6.37. The second-order valence-electron chi connectivity index (χ2n) is 6.07. The number of hydrogen-bond acceptors (Lipinski definition) is 8. The molecule has 0 aromatic carbocycles. The number of nitrogens with zero attached hydrogens (tertiary/aromatic N) is 5. The molecule has 3 aromatic rings. The Bertz CT molecular complexity index is 797. The van der Waals surface area contributed by atoms with Crippen LogP contribution in [0.3, 0.4) is 0 Å². The minimum absolute atomic E-state index is 0.403. The van der Waals surface area contributed by atoms with E-state index in [9.17, 15) is 0 Å². The molecule has 1 saturated heterocycles. The number of anilines is 1. The molecule has 8 heteroatoms. The highest BCUT2D eigenvalue weighted by molar-refractivity contribution is 7.13. The zero-order chi connectivity index (χ0) is 16.5. The zero-order valence-electron chi connectivity index (χ0n) is 13.7. The van der Waals surface area contributed by atoms with Crippen LogP contribution < -0.4 is 4.90 Å². The number of rotatable bonds is 4. The SMILES string of the molecule is Cc1csc(N2CCN(Cc3nc(-c4ccoc4)no3)CC2C)n1. The van der Waals surface area contributed by atoms with Crippen LogP contribution in [-0.4, -0.2) is 45.7 Å². The summed E-state index contributed by atoms with van der Waals surface area (Å²) in [6.45, 7) is 7.78. The predicted molar refractivity (Wildman–Crippen MR) is 90.9 cm³/mol. The van der Waals surface area contributed by atoms with Gasteiger partial charge in [-0.3, -0.25) is 4.90 Å². The van der Waals surface area contributed by atoms with E-state index >= 15 is 0 Å². The monoisotopic (exact) mass is 345 g/mol. The lowest BCUT2D eigenvalue weighted by Crippen LogP contribution is -2.51. The van der Waals surface area contributed by atoms with Gasteiger partial charge in [0.15, 0.2) is 5.13 Å². The van der Waals surface area contributed by atoms with Crippen molar-refractivity contribution >= 4 is 16.5 Å². The summed E-state index contributed by atoms with van der Waals surface area (Å²) in [5.41, 5.74) is 1.92. The molecule has 0 radical (unpaired) electrons. The van der Waals surface area contributed by atoms with Gasteiger partial charge < -0.3 is 13.8 Å². The molecular formula is C16H19N5O2S. The highest BCUT2D eigenvalue weighted by Crippen LogP contribution is 2.25. The fraction of sp³-hybridized carbons (Fsp3) is 0.438. The fourth-order valence-corrected chi connectivity index (χ4v) is 3.89. The Morgan fingerprint density at radius 1 is 1.33 bits per heavy atom. The highest BCUT2D eigenvalue weighted by atomic mass is 32.1. The normalized spacial score (nSPS) is 19.1. The number of hydrogen-bond donors (Lipinski definition) is 0. The van der Waals surface area contributed by atoms with Gasteiger partial charge in [0.2, 0.25) is 11.7 Å². The molecule has 0 amide bonds. The van der Waals surface area contributed by atoms with Crippen molar-refractivity contribution in [1.29, 1.82) is 0 Å².